The van der Waals surface area contributed by atoms with Crippen LogP contribution < -0.4 is 10.6 Å². The van der Waals surface area contributed by atoms with Crippen LogP contribution in [-0.4, -0.2) is 29.1 Å². The molecular formula is C15H22N2O3S. The second-order valence-electron chi connectivity index (χ2n) is 5.90. The van der Waals surface area contributed by atoms with Crippen LogP contribution in [0.2, 0.25) is 0 Å². The van der Waals surface area contributed by atoms with Crippen LogP contribution in [-0.2, 0) is 9.59 Å². The fraction of sp³-hybridized carbons (Fsp3) is 0.600. The van der Waals surface area contributed by atoms with E-state index in [1.54, 1.807) is 11.3 Å². The van der Waals surface area contributed by atoms with Gasteiger partial charge in [-0.2, -0.15) is 0 Å². The average molecular weight is 310 g/mol. The van der Waals surface area contributed by atoms with Gasteiger partial charge in [-0.3, -0.25) is 14.9 Å². The van der Waals surface area contributed by atoms with Gasteiger partial charge in [-0.25, -0.2) is 0 Å². The Morgan fingerprint density at radius 2 is 2.14 bits per heavy atom. The third-order valence-electron chi connectivity index (χ3n) is 4.04. The van der Waals surface area contributed by atoms with Crippen molar-refractivity contribution < 1.29 is 14.7 Å². The van der Waals surface area contributed by atoms with Crippen molar-refractivity contribution in [2.45, 2.75) is 44.7 Å². The molecule has 0 bridgehead atoms. The summed E-state index contributed by atoms with van der Waals surface area (Å²) in [4.78, 5) is 24.5. The van der Waals surface area contributed by atoms with Gasteiger partial charge in [0.15, 0.2) is 0 Å². The second-order valence-corrected chi connectivity index (χ2v) is 6.88. The first-order valence-electron chi connectivity index (χ1n) is 7.26. The molecule has 0 radical (unpaired) electrons. The van der Waals surface area contributed by atoms with Crippen molar-refractivity contribution in [3.05, 3.63) is 22.4 Å². The van der Waals surface area contributed by atoms with Crippen molar-refractivity contribution in [3.8, 4) is 0 Å². The van der Waals surface area contributed by atoms with E-state index in [0.29, 0.717) is 12.8 Å². The lowest BCUT2D eigenvalue weighted by atomic mass is 9.77. The maximum Gasteiger partial charge on any atom is 0.323 e. The Kier molecular flexibility index (Phi) is 5.00. The molecule has 5 nitrogen and oxygen atoms in total. The lowest BCUT2D eigenvalue weighted by Crippen LogP contribution is -2.59. The molecular weight excluding hydrogens is 288 g/mol. The molecule has 0 saturated heterocycles. The average Bonchev–Trinajstić information content (AvgIpc) is 2.87. The SMILES string of the molecule is CC(C)C(NC(=O)CNC1(C(=O)O)CCC1)c1cccs1. The number of carboxylic acids is 1. The molecule has 3 N–H and O–H groups in total. The molecule has 2 rings (SSSR count). The minimum Gasteiger partial charge on any atom is -0.480 e. The largest absolute Gasteiger partial charge is 0.480 e. The third kappa shape index (κ3) is 3.63. The Morgan fingerprint density at radius 1 is 1.43 bits per heavy atom. The highest BCUT2D eigenvalue weighted by Crippen LogP contribution is 2.32. The number of carbonyl (C=O) groups excluding carboxylic acids is 1. The number of nitrogens with one attached hydrogen (secondary N) is 2. The van der Waals surface area contributed by atoms with Crippen LogP contribution in [0.3, 0.4) is 0 Å². The molecule has 1 unspecified atom stereocenters. The third-order valence-corrected chi connectivity index (χ3v) is 4.99. The van der Waals surface area contributed by atoms with Gasteiger partial charge in [0.2, 0.25) is 5.91 Å². The second kappa shape index (κ2) is 6.58. The molecule has 6 heteroatoms. The van der Waals surface area contributed by atoms with E-state index in [-0.39, 0.29) is 24.4 Å². The van der Waals surface area contributed by atoms with Gasteiger partial charge in [0, 0.05) is 4.88 Å². The van der Waals surface area contributed by atoms with Gasteiger partial charge in [0.05, 0.1) is 12.6 Å². The van der Waals surface area contributed by atoms with Crippen molar-refractivity contribution in [1.82, 2.24) is 10.6 Å². The summed E-state index contributed by atoms with van der Waals surface area (Å²) in [6.45, 7) is 4.16. The Morgan fingerprint density at radius 3 is 2.57 bits per heavy atom. The smallest absolute Gasteiger partial charge is 0.323 e. The van der Waals surface area contributed by atoms with Gasteiger partial charge in [-0.1, -0.05) is 19.9 Å². The summed E-state index contributed by atoms with van der Waals surface area (Å²) >= 11 is 1.62. The minimum absolute atomic E-state index is 0.0264. The van der Waals surface area contributed by atoms with Crippen molar-refractivity contribution >= 4 is 23.2 Å². The van der Waals surface area contributed by atoms with E-state index in [0.717, 1.165) is 11.3 Å². The summed E-state index contributed by atoms with van der Waals surface area (Å²) in [5.41, 5.74) is -0.895. The topological polar surface area (TPSA) is 78.4 Å². The van der Waals surface area contributed by atoms with Gasteiger partial charge in [0.1, 0.15) is 5.54 Å². The molecule has 0 aromatic carbocycles. The van der Waals surface area contributed by atoms with E-state index in [4.69, 9.17) is 0 Å². The molecule has 1 saturated carbocycles. The summed E-state index contributed by atoms with van der Waals surface area (Å²) < 4.78 is 0. The van der Waals surface area contributed by atoms with Crippen LogP contribution >= 0.6 is 11.3 Å². The maximum absolute atomic E-state index is 12.1. The number of carboxylic acid groups (broad SMARTS) is 1. The monoisotopic (exact) mass is 310 g/mol. The molecule has 1 fully saturated rings. The highest BCUT2D eigenvalue weighted by Gasteiger charge is 2.44. The highest BCUT2D eigenvalue weighted by atomic mass is 32.1. The van der Waals surface area contributed by atoms with Crippen LogP contribution in [0.25, 0.3) is 0 Å². The fourth-order valence-electron chi connectivity index (χ4n) is 2.51. The maximum atomic E-state index is 12.1. The van der Waals surface area contributed by atoms with Gasteiger partial charge < -0.3 is 10.4 Å². The summed E-state index contributed by atoms with van der Waals surface area (Å²) in [5, 5.41) is 17.1. The zero-order valence-electron chi connectivity index (χ0n) is 12.4. The summed E-state index contributed by atoms with van der Waals surface area (Å²) in [7, 11) is 0. The van der Waals surface area contributed by atoms with Crippen molar-refractivity contribution in [3.63, 3.8) is 0 Å². The van der Waals surface area contributed by atoms with Crippen molar-refractivity contribution in [2.24, 2.45) is 5.92 Å². The molecule has 0 aliphatic heterocycles. The molecule has 1 aromatic rings. The van der Waals surface area contributed by atoms with E-state index in [2.05, 4.69) is 24.5 Å². The number of thiophene rings is 1. The number of hydrogen-bond acceptors (Lipinski definition) is 4. The van der Waals surface area contributed by atoms with Crippen LogP contribution in [0.4, 0.5) is 0 Å². The molecule has 1 aliphatic rings. The van der Waals surface area contributed by atoms with E-state index in [1.165, 1.54) is 0 Å². The number of aliphatic carboxylic acids is 1. The first-order chi connectivity index (χ1) is 9.94. The molecule has 1 amide bonds. The highest BCUT2D eigenvalue weighted by molar-refractivity contribution is 7.10. The lowest BCUT2D eigenvalue weighted by Gasteiger charge is -2.38. The van der Waals surface area contributed by atoms with Crippen molar-refractivity contribution in [1.29, 1.82) is 0 Å². The van der Waals surface area contributed by atoms with Gasteiger partial charge in [-0.05, 0) is 36.6 Å². The molecule has 1 atom stereocenters. The molecule has 1 heterocycles. The summed E-state index contributed by atoms with van der Waals surface area (Å²) in [5.74, 6) is -0.737. The first kappa shape index (κ1) is 16.0. The molecule has 1 aromatic heterocycles. The van der Waals surface area contributed by atoms with Crippen LogP contribution in [0.5, 0.6) is 0 Å². The molecule has 1 aliphatic carbocycles. The first-order valence-corrected chi connectivity index (χ1v) is 8.14. The Balaban J connectivity index is 1.90. The van der Waals surface area contributed by atoms with E-state index in [9.17, 15) is 14.7 Å². The zero-order chi connectivity index (χ0) is 15.5. The number of carbonyl (C=O) groups is 2. The van der Waals surface area contributed by atoms with Gasteiger partial charge >= 0.3 is 5.97 Å². The predicted molar refractivity (Wildman–Crippen MR) is 82.3 cm³/mol. The zero-order valence-corrected chi connectivity index (χ0v) is 13.2. The Bertz CT molecular complexity index is 495. The Hall–Kier alpha value is -1.40. The van der Waals surface area contributed by atoms with Crippen LogP contribution in [0.1, 0.15) is 44.0 Å². The van der Waals surface area contributed by atoms with Crippen molar-refractivity contribution in [2.75, 3.05) is 6.54 Å². The predicted octanol–water partition coefficient (Wildman–Crippen LogP) is 2.16. The molecule has 21 heavy (non-hydrogen) atoms. The standard InChI is InChI=1S/C15H22N2O3S/c1-10(2)13(11-5-3-8-21-11)17-12(18)9-16-15(14(19)20)6-4-7-15/h3,5,8,10,13,16H,4,6-7,9H2,1-2H3,(H,17,18)(H,19,20). The minimum atomic E-state index is -0.895. The summed E-state index contributed by atoms with van der Waals surface area (Å²) in [6.07, 6.45) is 2.08. The van der Waals surface area contributed by atoms with E-state index < -0.39 is 11.5 Å². The molecule has 116 valence electrons. The Labute approximate surface area is 128 Å². The van der Waals surface area contributed by atoms with Gasteiger partial charge in [-0.15, -0.1) is 11.3 Å². The van der Waals surface area contributed by atoms with Crippen LogP contribution in [0.15, 0.2) is 17.5 Å². The number of rotatable bonds is 7. The van der Waals surface area contributed by atoms with Crippen LogP contribution in [0, 0.1) is 5.92 Å². The molecule has 0 spiro atoms. The quantitative estimate of drug-likeness (QED) is 0.721. The number of amides is 1. The van der Waals surface area contributed by atoms with E-state index in [1.807, 2.05) is 17.5 Å². The number of hydrogen-bond donors (Lipinski definition) is 3. The fourth-order valence-corrected chi connectivity index (χ4v) is 3.45. The van der Waals surface area contributed by atoms with Gasteiger partial charge in [0.25, 0.3) is 0 Å². The normalized spacial score (nSPS) is 18.0. The lowest BCUT2D eigenvalue weighted by molar-refractivity contribution is -0.149. The summed E-state index contributed by atoms with van der Waals surface area (Å²) in [6, 6.07) is 3.95. The van der Waals surface area contributed by atoms with E-state index >= 15 is 0 Å².